The quantitative estimate of drug-likeness (QED) is 0.795. The lowest BCUT2D eigenvalue weighted by atomic mass is 9.94. The molecule has 144 valence electrons. The highest BCUT2D eigenvalue weighted by Gasteiger charge is 2.26. The summed E-state index contributed by atoms with van der Waals surface area (Å²) in [5.74, 6) is 1.84. The summed E-state index contributed by atoms with van der Waals surface area (Å²) in [5, 5.41) is 3.90. The molecule has 8 nitrogen and oxygen atoms in total. The van der Waals surface area contributed by atoms with Crippen molar-refractivity contribution in [2.75, 3.05) is 31.6 Å². The number of carbonyl (C=O) groups excluding carboxylic acids is 1. The van der Waals surface area contributed by atoms with Crippen LogP contribution >= 0.6 is 0 Å². The normalized spacial score (nSPS) is 16.4. The molecule has 0 unspecified atom stereocenters. The Morgan fingerprint density at radius 3 is 2.63 bits per heavy atom. The van der Waals surface area contributed by atoms with E-state index in [9.17, 15) is 4.79 Å². The fraction of sp³-hybridized carbons (Fsp3) is 0.632. The van der Waals surface area contributed by atoms with Gasteiger partial charge in [-0.3, -0.25) is 4.79 Å². The molecule has 0 radical (unpaired) electrons. The van der Waals surface area contributed by atoms with E-state index in [1.165, 1.54) is 0 Å². The van der Waals surface area contributed by atoms with Crippen molar-refractivity contribution in [2.45, 2.75) is 51.9 Å². The lowest BCUT2D eigenvalue weighted by Crippen LogP contribution is -2.33. The van der Waals surface area contributed by atoms with Crippen LogP contribution in [0.4, 0.5) is 5.95 Å². The van der Waals surface area contributed by atoms with E-state index in [0.29, 0.717) is 30.4 Å². The third kappa shape index (κ3) is 3.79. The topological polar surface area (TPSA) is 88.3 Å². The number of hydrogen-bond donors (Lipinski definition) is 0. The van der Waals surface area contributed by atoms with Crippen LogP contribution < -0.4 is 4.90 Å². The van der Waals surface area contributed by atoms with Crippen molar-refractivity contribution in [2.24, 2.45) is 0 Å². The average Bonchev–Trinajstić information content (AvgIpc) is 3.36. The van der Waals surface area contributed by atoms with Gasteiger partial charge < -0.3 is 14.3 Å². The first-order chi connectivity index (χ1) is 13.1. The van der Waals surface area contributed by atoms with Crippen molar-refractivity contribution in [3.63, 3.8) is 0 Å². The van der Waals surface area contributed by atoms with Gasteiger partial charge in [-0.1, -0.05) is 5.16 Å². The molecular weight excluding hydrogens is 344 g/mol. The minimum atomic E-state index is -0.0452. The monoisotopic (exact) mass is 370 g/mol. The Hall–Kier alpha value is -2.51. The van der Waals surface area contributed by atoms with Crippen molar-refractivity contribution >= 4 is 11.9 Å². The van der Waals surface area contributed by atoms with Gasteiger partial charge in [0.15, 0.2) is 5.82 Å². The molecule has 2 aromatic rings. The van der Waals surface area contributed by atoms with Crippen molar-refractivity contribution in [1.29, 1.82) is 0 Å². The van der Waals surface area contributed by atoms with Gasteiger partial charge in [-0.2, -0.15) is 4.98 Å². The van der Waals surface area contributed by atoms with Gasteiger partial charge in [0.2, 0.25) is 11.8 Å². The van der Waals surface area contributed by atoms with Crippen LogP contribution in [0.3, 0.4) is 0 Å². The molecule has 2 aromatic heterocycles. The molecule has 0 saturated carbocycles. The van der Waals surface area contributed by atoms with Crippen LogP contribution in [0.1, 0.15) is 59.1 Å². The van der Waals surface area contributed by atoms with E-state index in [0.717, 1.165) is 68.8 Å². The van der Waals surface area contributed by atoms with Crippen molar-refractivity contribution < 1.29 is 9.32 Å². The lowest BCUT2D eigenvalue weighted by Gasteiger charge is -2.24. The number of aromatic nitrogens is 4. The van der Waals surface area contributed by atoms with Gasteiger partial charge in [-0.25, -0.2) is 9.97 Å². The second kappa shape index (κ2) is 7.62. The molecular formula is C19H26N6O2. The van der Waals surface area contributed by atoms with Crippen LogP contribution in [-0.2, 0) is 19.3 Å². The van der Waals surface area contributed by atoms with Crippen molar-refractivity contribution in [3.8, 4) is 0 Å². The number of anilines is 1. The van der Waals surface area contributed by atoms with Gasteiger partial charge in [-0.05, 0) is 38.5 Å². The summed E-state index contributed by atoms with van der Waals surface area (Å²) >= 11 is 0. The first-order valence-electron chi connectivity index (χ1n) is 9.81. The Morgan fingerprint density at radius 1 is 1.11 bits per heavy atom. The summed E-state index contributed by atoms with van der Waals surface area (Å²) in [5.41, 5.74) is 2.67. The molecule has 27 heavy (non-hydrogen) atoms. The highest BCUT2D eigenvalue weighted by molar-refractivity contribution is 5.94. The molecule has 1 amide bonds. The minimum absolute atomic E-state index is 0.0452. The number of likely N-dealkylation sites (N-methyl/N-ethyl adjacent to an activating group) is 1. The maximum Gasteiger partial charge on any atom is 0.272 e. The van der Waals surface area contributed by atoms with E-state index >= 15 is 0 Å². The first kappa shape index (κ1) is 17.9. The van der Waals surface area contributed by atoms with Gasteiger partial charge in [0, 0.05) is 51.3 Å². The third-order valence-electron chi connectivity index (χ3n) is 5.35. The van der Waals surface area contributed by atoms with Gasteiger partial charge in [0.25, 0.3) is 5.91 Å². The Morgan fingerprint density at radius 2 is 1.89 bits per heavy atom. The molecule has 2 aliphatic rings. The molecule has 0 aromatic carbocycles. The first-order valence-corrected chi connectivity index (χ1v) is 9.81. The molecule has 0 bridgehead atoms. The molecule has 1 aliphatic heterocycles. The Labute approximate surface area is 159 Å². The summed E-state index contributed by atoms with van der Waals surface area (Å²) in [6.45, 7) is 4.23. The lowest BCUT2D eigenvalue weighted by molar-refractivity contribution is 0.0788. The standard InChI is InChI=1S/C19H26N6O2/c1-13-20-16(23-27-13)9-12-24(2)18(26)17-14-7-3-4-8-15(14)21-19(22-17)25-10-5-6-11-25/h3-12H2,1-2H3. The average molecular weight is 370 g/mol. The summed E-state index contributed by atoms with van der Waals surface area (Å²) in [6.07, 6.45) is 6.92. The fourth-order valence-corrected chi connectivity index (χ4v) is 3.81. The van der Waals surface area contributed by atoms with E-state index in [1.54, 1.807) is 11.8 Å². The van der Waals surface area contributed by atoms with Gasteiger partial charge in [0.1, 0.15) is 5.69 Å². The second-order valence-electron chi connectivity index (χ2n) is 7.41. The second-order valence-corrected chi connectivity index (χ2v) is 7.41. The molecule has 1 saturated heterocycles. The molecule has 3 heterocycles. The fourth-order valence-electron chi connectivity index (χ4n) is 3.81. The zero-order valence-electron chi connectivity index (χ0n) is 16.1. The number of rotatable bonds is 5. The largest absolute Gasteiger partial charge is 0.341 e. The number of nitrogens with zero attached hydrogens (tertiary/aromatic N) is 6. The summed E-state index contributed by atoms with van der Waals surface area (Å²) in [7, 11) is 1.81. The molecule has 1 fully saturated rings. The number of fused-ring (bicyclic) bond motifs is 1. The predicted octanol–water partition coefficient (Wildman–Crippen LogP) is 1.96. The molecule has 1 aliphatic carbocycles. The highest BCUT2D eigenvalue weighted by Crippen LogP contribution is 2.26. The van der Waals surface area contributed by atoms with E-state index in [2.05, 4.69) is 15.0 Å². The molecule has 0 atom stereocenters. The van der Waals surface area contributed by atoms with E-state index in [-0.39, 0.29) is 5.91 Å². The van der Waals surface area contributed by atoms with Crippen LogP contribution in [0, 0.1) is 6.92 Å². The Bertz CT molecular complexity index is 828. The smallest absolute Gasteiger partial charge is 0.272 e. The maximum atomic E-state index is 13.2. The summed E-state index contributed by atoms with van der Waals surface area (Å²) in [6, 6.07) is 0. The van der Waals surface area contributed by atoms with Crippen LogP contribution in [-0.4, -0.2) is 57.6 Å². The van der Waals surface area contributed by atoms with Crippen LogP contribution in [0.5, 0.6) is 0 Å². The van der Waals surface area contributed by atoms with Crippen LogP contribution in [0.25, 0.3) is 0 Å². The number of carbonyl (C=O) groups is 1. The molecule has 0 spiro atoms. The zero-order valence-corrected chi connectivity index (χ0v) is 16.1. The minimum Gasteiger partial charge on any atom is -0.341 e. The van der Waals surface area contributed by atoms with Crippen LogP contribution in [0.15, 0.2) is 4.52 Å². The zero-order chi connectivity index (χ0) is 18.8. The number of hydrogen-bond acceptors (Lipinski definition) is 7. The van der Waals surface area contributed by atoms with E-state index in [4.69, 9.17) is 14.5 Å². The number of aryl methyl sites for hydroxylation is 2. The van der Waals surface area contributed by atoms with Gasteiger partial charge in [0.05, 0.1) is 0 Å². The SMILES string of the molecule is Cc1nc(CCN(C)C(=O)c2nc(N3CCCC3)nc3c2CCCC3)no1. The molecule has 0 N–H and O–H groups in total. The van der Waals surface area contributed by atoms with Gasteiger partial charge in [-0.15, -0.1) is 0 Å². The Kier molecular flexibility index (Phi) is 5.05. The van der Waals surface area contributed by atoms with Gasteiger partial charge >= 0.3 is 0 Å². The van der Waals surface area contributed by atoms with Crippen molar-refractivity contribution in [1.82, 2.24) is 25.0 Å². The molecule has 4 rings (SSSR count). The van der Waals surface area contributed by atoms with Crippen molar-refractivity contribution in [3.05, 3.63) is 28.7 Å². The van der Waals surface area contributed by atoms with E-state index in [1.807, 2.05) is 7.05 Å². The van der Waals surface area contributed by atoms with Crippen LogP contribution in [0.2, 0.25) is 0 Å². The number of amides is 1. The third-order valence-corrected chi connectivity index (χ3v) is 5.35. The maximum absolute atomic E-state index is 13.2. The molecule has 8 heteroatoms. The Balaban J connectivity index is 1.56. The highest BCUT2D eigenvalue weighted by atomic mass is 16.5. The predicted molar refractivity (Wildman–Crippen MR) is 99.8 cm³/mol. The van der Waals surface area contributed by atoms with E-state index < -0.39 is 0 Å². The summed E-state index contributed by atoms with van der Waals surface area (Å²) < 4.78 is 5.00. The summed E-state index contributed by atoms with van der Waals surface area (Å²) in [4.78, 5) is 30.8.